The molecule has 0 spiro atoms. The zero-order valence-electron chi connectivity index (χ0n) is 9.79. The summed E-state index contributed by atoms with van der Waals surface area (Å²) in [5.74, 6) is 0.876. The smallest absolute Gasteiger partial charge is 0.131 e. The van der Waals surface area contributed by atoms with Gasteiger partial charge >= 0.3 is 0 Å². The van der Waals surface area contributed by atoms with Gasteiger partial charge in [-0.25, -0.2) is 0 Å². The van der Waals surface area contributed by atoms with E-state index < -0.39 is 0 Å². The molecular formula is C13H17NO. The first kappa shape index (κ1) is 11.5. The molecule has 0 radical (unpaired) electrons. The number of rotatable bonds is 3. The fourth-order valence-electron chi connectivity index (χ4n) is 1.74. The molecule has 15 heavy (non-hydrogen) atoms. The molecule has 0 saturated heterocycles. The van der Waals surface area contributed by atoms with E-state index in [2.05, 4.69) is 30.6 Å². The van der Waals surface area contributed by atoms with Crippen LogP contribution in [0.1, 0.15) is 16.7 Å². The van der Waals surface area contributed by atoms with Crippen molar-refractivity contribution in [2.75, 3.05) is 14.2 Å². The van der Waals surface area contributed by atoms with Gasteiger partial charge in [-0.05, 0) is 37.1 Å². The van der Waals surface area contributed by atoms with Gasteiger partial charge in [0.2, 0.25) is 0 Å². The van der Waals surface area contributed by atoms with E-state index in [9.17, 15) is 0 Å². The van der Waals surface area contributed by atoms with Crippen LogP contribution in [0, 0.1) is 13.8 Å². The molecule has 0 fully saturated rings. The molecule has 0 bridgehead atoms. The average Bonchev–Trinajstić information content (AvgIpc) is 2.19. The van der Waals surface area contributed by atoms with E-state index in [1.165, 1.54) is 5.56 Å². The lowest BCUT2D eigenvalue weighted by atomic mass is 10.0. The minimum Gasteiger partial charge on any atom is -0.496 e. The second-order valence-electron chi connectivity index (χ2n) is 3.48. The van der Waals surface area contributed by atoms with Crippen LogP contribution in [0.2, 0.25) is 0 Å². The largest absolute Gasteiger partial charge is 0.496 e. The van der Waals surface area contributed by atoms with Gasteiger partial charge in [0.15, 0.2) is 0 Å². The maximum absolute atomic E-state index is 5.39. The highest BCUT2D eigenvalue weighted by atomic mass is 16.5. The van der Waals surface area contributed by atoms with Gasteiger partial charge in [-0.2, -0.15) is 0 Å². The Kier molecular flexibility index (Phi) is 3.67. The second-order valence-corrected chi connectivity index (χ2v) is 3.48. The first-order valence-corrected chi connectivity index (χ1v) is 4.88. The summed E-state index contributed by atoms with van der Waals surface area (Å²) in [6.07, 6.45) is 1.75. The number of methoxy groups -OCH3 is 1. The summed E-state index contributed by atoms with van der Waals surface area (Å²) in [4.78, 5) is 4.19. The summed E-state index contributed by atoms with van der Waals surface area (Å²) in [7, 11) is 3.44. The molecule has 0 unspecified atom stereocenters. The number of aryl methyl sites for hydroxylation is 2. The van der Waals surface area contributed by atoms with E-state index in [0.717, 1.165) is 22.6 Å². The van der Waals surface area contributed by atoms with Gasteiger partial charge in [-0.1, -0.05) is 12.6 Å². The van der Waals surface area contributed by atoms with E-state index in [1.54, 1.807) is 20.2 Å². The number of hydrogen-bond acceptors (Lipinski definition) is 2. The van der Waals surface area contributed by atoms with Gasteiger partial charge in [-0.15, -0.1) is 0 Å². The summed E-state index contributed by atoms with van der Waals surface area (Å²) in [6, 6.07) is 4.16. The number of benzene rings is 1. The molecule has 0 saturated carbocycles. The maximum atomic E-state index is 5.39. The maximum Gasteiger partial charge on any atom is 0.131 e. The number of allylic oxidation sites excluding steroid dienone is 1. The molecule has 2 heteroatoms. The highest BCUT2D eigenvalue weighted by Gasteiger charge is 2.10. The fourth-order valence-corrected chi connectivity index (χ4v) is 1.74. The summed E-state index contributed by atoms with van der Waals surface area (Å²) >= 11 is 0. The van der Waals surface area contributed by atoms with Gasteiger partial charge < -0.3 is 4.74 Å². The lowest BCUT2D eigenvalue weighted by molar-refractivity contribution is 0.411. The molecule has 0 aliphatic carbocycles. The topological polar surface area (TPSA) is 21.6 Å². The standard InChI is InChI=1S/C13H17NO/c1-6-12(14-4)11-8-9(2)7-10(3)13(11)15-5/h6-8H,1H2,2-5H3. The second kappa shape index (κ2) is 4.78. The van der Waals surface area contributed by atoms with E-state index in [1.807, 2.05) is 6.92 Å². The van der Waals surface area contributed by atoms with E-state index in [4.69, 9.17) is 4.74 Å². The van der Waals surface area contributed by atoms with Crippen LogP contribution in [0.25, 0.3) is 0 Å². The van der Waals surface area contributed by atoms with Crippen LogP contribution in [-0.2, 0) is 0 Å². The van der Waals surface area contributed by atoms with Crippen molar-refractivity contribution in [1.29, 1.82) is 0 Å². The molecule has 0 aromatic heterocycles. The van der Waals surface area contributed by atoms with Crippen LogP contribution in [0.4, 0.5) is 0 Å². The Bertz CT molecular complexity index is 405. The van der Waals surface area contributed by atoms with Crippen molar-refractivity contribution < 1.29 is 4.74 Å². The Balaban J connectivity index is 3.44. The highest BCUT2D eigenvalue weighted by molar-refractivity contribution is 6.10. The molecule has 0 N–H and O–H groups in total. The summed E-state index contributed by atoms with van der Waals surface area (Å²) in [6.45, 7) is 7.85. The third-order valence-electron chi connectivity index (χ3n) is 2.33. The van der Waals surface area contributed by atoms with Gasteiger partial charge in [0.1, 0.15) is 5.75 Å². The molecule has 1 aromatic rings. The average molecular weight is 203 g/mol. The van der Waals surface area contributed by atoms with Crippen LogP contribution >= 0.6 is 0 Å². The van der Waals surface area contributed by atoms with Crippen LogP contribution in [0.3, 0.4) is 0 Å². The third-order valence-corrected chi connectivity index (χ3v) is 2.33. The van der Waals surface area contributed by atoms with Crippen molar-refractivity contribution in [3.63, 3.8) is 0 Å². The molecule has 0 atom stereocenters. The number of ether oxygens (including phenoxy) is 1. The Labute approximate surface area is 91.3 Å². The Morgan fingerprint density at radius 2 is 2.07 bits per heavy atom. The predicted molar refractivity (Wildman–Crippen MR) is 65.1 cm³/mol. The molecular weight excluding hydrogens is 186 g/mol. The Morgan fingerprint density at radius 3 is 2.53 bits per heavy atom. The summed E-state index contributed by atoms with van der Waals surface area (Å²) < 4.78 is 5.39. The van der Waals surface area contributed by atoms with Crippen LogP contribution in [0.5, 0.6) is 5.75 Å². The first-order chi connectivity index (χ1) is 7.13. The van der Waals surface area contributed by atoms with E-state index >= 15 is 0 Å². The Morgan fingerprint density at radius 1 is 1.40 bits per heavy atom. The predicted octanol–water partition coefficient (Wildman–Crippen LogP) is 2.92. The molecule has 0 aliphatic rings. The van der Waals surface area contributed by atoms with Crippen LogP contribution in [0.15, 0.2) is 29.8 Å². The third kappa shape index (κ3) is 2.27. The number of nitrogens with zero attached hydrogens (tertiary/aromatic N) is 1. The van der Waals surface area contributed by atoms with Crippen molar-refractivity contribution in [3.05, 3.63) is 41.5 Å². The van der Waals surface area contributed by atoms with E-state index in [0.29, 0.717) is 0 Å². The van der Waals surface area contributed by atoms with Gasteiger partial charge in [0, 0.05) is 12.6 Å². The van der Waals surface area contributed by atoms with Crippen molar-refractivity contribution in [1.82, 2.24) is 0 Å². The minimum atomic E-state index is 0.860. The zero-order valence-corrected chi connectivity index (χ0v) is 9.79. The van der Waals surface area contributed by atoms with Crippen molar-refractivity contribution in [3.8, 4) is 5.75 Å². The lowest BCUT2D eigenvalue weighted by Crippen LogP contribution is -2.02. The zero-order chi connectivity index (χ0) is 11.4. The number of hydrogen-bond donors (Lipinski definition) is 0. The van der Waals surface area contributed by atoms with Crippen LogP contribution < -0.4 is 4.74 Å². The molecule has 1 aromatic carbocycles. The van der Waals surface area contributed by atoms with Crippen LogP contribution in [-0.4, -0.2) is 19.9 Å². The lowest BCUT2D eigenvalue weighted by Gasteiger charge is -2.12. The monoisotopic (exact) mass is 203 g/mol. The van der Waals surface area contributed by atoms with Gasteiger partial charge in [0.25, 0.3) is 0 Å². The highest BCUT2D eigenvalue weighted by Crippen LogP contribution is 2.25. The van der Waals surface area contributed by atoms with Gasteiger partial charge in [-0.3, -0.25) is 4.99 Å². The first-order valence-electron chi connectivity index (χ1n) is 4.88. The van der Waals surface area contributed by atoms with Gasteiger partial charge in [0.05, 0.1) is 12.8 Å². The SMILES string of the molecule is C=CC(=NC)c1cc(C)cc(C)c1OC. The van der Waals surface area contributed by atoms with Crippen molar-refractivity contribution in [2.24, 2.45) is 4.99 Å². The quantitative estimate of drug-likeness (QED) is 0.692. The van der Waals surface area contributed by atoms with Crippen molar-refractivity contribution >= 4 is 5.71 Å². The summed E-state index contributed by atoms with van der Waals surface area (Å²) in [5.41, 5.74) is 4.19. The normalized spacial score (nSPS) is 11.3. The number of aliphatic imine (C=N–C) groups is 1. The fraction of sp³-hybridized carbons (Fsp3) is 0.308. The molecule has 80 valence electrons. The minimum absolute atomic E-state index is 0.860. The molecule has 0 heterocycles. The molecule has 0 amide bonds. The molecule has 1 rings (SSSR count). The Hall–Kier alpha value is -1.57. The molecule has 0 aliphatic heterocycles. The van der Waals surface area contributed by atoms with Crippen molar-refractivity contribution in [2.45, 2.75) is 13.8 Å². The summed E-state index contributed by atoms with van der Waals surface area (Å²) in [5, 5.41) is 0. The molecule has 2 nitrogen and oxygen atoms in total. The van der Waals surface area contributed by atoms with E-state index in [-0.39, 0.29) is 0 Å².